The van der Waals surface area contributed by atoms with E-state index in [2.05, 4.69) is 0 Å². The molecule has 0 aromatic heterocycles. The fourth-order valence-corrected chi connectivity index (χ4v) is 1.57. The van der Waals surface area contributed by atoms with Crippen molar-refractivity contribution in [3.8, 4) is 5.75 Å². The molecule has 4 heteroatoms. The first kappa shape index (κ1) is 12.9. The first-order valence-electron chi connectivity index (χ1n) is 5.39. The standard InChI is InChI=1S/C12H18FNO2/c1-3-7(2)12(16)11(14)9-6-8(13)4-5-10(9)15/h4-7,11-12,15-16H,3,14H2,1-2H3/t7?,11-,12+/m0/s1. The summed E-state index contributed by atoms with van der Waals surface area (Å²) >= 11 is 0. The quantitative estimate of drug-likeness (QED) is 0.736. The van der Waals surface area contributed by atoms with E-state index in [1.54, 1.807) is 0 Å². The van der Waals surface area contributed by atoms with Crippen LogP contribution in [-0.2, 0) is 0 Å². The van der Waals surface area contributed by atoms with E-state index in [9.17, 15) is 14.6 Å². The highest BCUT2D eigenvalue weighted by molar-refractivity contribution is 5.35. The molecule has 0 aliphatic heterocycles. The minimum absolute atomic E-state index is 0.00216. The summed E-state index contributed by atoms with van der Waals surface area (Å²) in [6.45, 7) is 3.80. The Morgan fingerprint density at radius 3 is 2.62 bits per heavy atom. The van der Waals surface area contributed by atoms with Crippen molar-refractivity contribution in [1.82, 2.24) is 0 Å². The Morgan fingerprint density at radius 2 is 2.06 bits per heavy atom. The number of halogens is 1. The molecule has 3 nitrogen and oxygen atoms in total. The molecule has 0 fully saturated rings. The summed E-state index contributed by atoms with van der Waals surface area (Å²) in [4.78, 5) is 0. The van der Waals surface area contributed by atoms with Crippen LogP contribution in [-0.4, -0.2) is 16.3 Å². The smallest absolute Gasteiger partial charge is 0.123 e. The Labute approximate surface area is 94.7 Å². The zero-order chi connectivity index (χ0) is 12.3. The van der Waals surface area contributed by atoms with Gasteiger partial charge >= 0.3 is 0 Å². The molecule has 4 N–H and O–H groups in total. The third-order valence-corrected chi connectivity index (χ3v) is 2.94. The number of aliphatic hydroxyl groups excluding tert-OH is 1. The van der Waals surface area contributed by atoms with Crippen molar-refractivity contribution in [2.45, 2.75) is 32.4 Å². The Morgan fingerprint density at radius 1 is 1.44 bits per heavy atom. The van der Waals surface area contributed by atoms with Crippen molar-refractivity contribution in [2.75, 3.05) is 0 Å². The van der Waals surface area contributed by atoms with E-state index in [1.165, 1.54) is 6.07 Å². The molecule has 0 spiro atoms. The van der Waals surface area contributed by atoms with Gasteiger partial charge < -0.3 is 15.9 Å². The fraction of sp³-hybridized carbons (Fsp3) is 0.500. The zero-order valence-electron chi connectivity index (χ0n) is 9.52. The number of phenols is 1. The van der Waals surface area contributed by atoms with Gasteiger partial charge in [0.1, 0.15) is 11.6 Å². The molecule has 0 amide bonds. The second kappa shape index (κ2) is 5.27. The SMILES string of the molecule is CCC(C)[C@@H](O)[C@@H](N)c1cc(F)ccc1O. The number of benzene rings is 1. The van der Waals surface area contributed by atoms with Crippen LogP contribution in [0.25, 0.3) is 0 Å². The topological polar surface area (TPSA) is 66.5 Å². The third kappa shape index (κ3) is 2.71. The third-order valence-electron chi connectivity index (χ3n) is 2.94. The normalized spacial score (nSPS) is 16.8. The van der Waals surface area contributed by atoms with Gasteiger partial charge in [-0.05, 0) is 24.1 Å². The van der Waals surface area contributed by atoms with E-state index < -0.39 is 18.0 Å². The Kier molecular flexibility index (Phi) is 4.26. The maximum atomic E-state index is 13.0. The van der Waals surface area contributed by atoms with Gasteiger partial charge in [0.2, 0.25) is 0 Å². The van der Waals surface area contributed by atoms with Gasteiger partial charge in [0.25, 0.3) is 0 Å². The van der Waals surface area contributed by atoms with E-state index in [0.29, 0.717) is 0 Å². The van der Waals surface area contributed by atoms with Crippen LogP contribution in [0.4, 0.5) is 4.39 Å². The van der Waals surface area contributed by atoms with Crippen molar-refractivity contribution in [2.24, 2.45) is 11.7 Å². The van der Waals surface area contributed by atoms with Crippen LogP contribution in [0.3, 0.4) is 0 Å². The molecule has 0 aliphatic carbocycles. The highest BCUT2D eigenvalue weighted by Gasteiger charge is 2.24. The number of hydrogen-bond acceptors (Lipinski definition) is 3. The molecule has 90 valence electrons. The average molecular weight is 227 g/mol. The maximum absolute atomic E-state index is 13.0. The second-order valence-corrected chi connectivity index (χ2v) is 4.11. The fourth-order valence-electron chi connectivity index (χ4n) is 1.57. The van der Waals surface area contributed by atoms with Crippen molar-refractivity contribution in [3.05, 3.63) is 29.6 Å². The van der Waals surface area contributed by atoms with Gasteiger partial charge in [0.15, 0.2) is 0 Å². The van der Waals surface area contributed by atoms with Crippen molar-refractivity contribution in [3.63, 3.8) is 0 Å². The van der Waals surface area contributed by atoms with E-state index in [0.717, 1.165) is 18.6 Å². The van der Waals surface area contributed by atoms with Crippen LogP contribution in [0.5, 0.6) is 5.75 Å². The highest BCUT2D eigenvalue weighted by Crippen LogP contribution is 2.28. The van der Waals surface area contributed by atoms with Crippen LogP contribution in [0.2, 0.25) is 0 Å². The van der Waals surface area contributed by atoms with E-state index in [-0.39, 0.29) is 17.2 Å². The van der Waals surface area contributed by atoms with Crippen molar-refractivity contribution in [1.29, 1.82) is 0 Å². The highest BCUT2D eigenvalue weighted by atomic mass is 19.1. The first-order valence-corrected chi connectivity index (χ1v) is 5.39. The van der Waals surface area contributed by atoms with Crippen LogP contribution in [0, 0.1) is 11.7 Å². The largest absolute Gasteiger partial charge is 0.508 e. The summed E-state index contributed by atoms with van der Waals surface area (Å²) in [6, 6.07) is 2.78. The van der Waals surface area contributed by atoms with Gasteiger partial charge in [0.05, 0.1) is 12.1 Å². The molecule has 1 aromatic rings. The van der Waals surface area contributed by atoms with Gasteiger partial charge in [0, 0.05) is 5.56 Å². The van der Waals surface area contributed by atoms with Gasteiger partial charge in [-0.3, -0.25) is 0 Å². The average Bonchev–Trinajstić information content (AvgIpc) is 2.29. The predicted octanol–water partition coefficient (Wildman–Crippen LogP) is 1.94. The van der Waals surface area contributed by atoms with Gasteiger partial charge in [-0.1, -0.05) is 20.3 Å². The monoisotopic (exact) mass is 227 g/mol. The lowest BCUT2D eigenvalue weighted by Gasteiger charge is -2.24. The molecule has 0 saturated heterocycles. The molecule has 1 aromatic carbocycles. The lowest BCUT2D eigenvalue weighted by atomic mass is 9.91. The predicted molar refractivity (Wildman–Crippen MR) is 60.5 cm³/mol. The molecule has 3 atom stereocenters. The Balaban J connectivity index is 2.95. The summed E-state index contributed by atoms with van der Waals surface area (Å²) in [5.41, 5.74) is 6.05. The number of phenolic OH excluding ortho intramolecular Hbond substituents is 1. The second-order valence-electron chi connectivity index (χ2n) is 4.11. The first-order chi connectivity index (χ1) is 7.47. The molecular formula is C12H18FNO2. The summed E-state index contributed by atoms with van der Waals surface area (Å²) < 4.78 is 13.0. The molecule has 0 heterocycles. The van der Waals surface area contributed by atoms with Crippen molar-refractivity contribution >= 4 is 0 Å². The van der Waals surface area contributed by atoms with Gasteiger partial charge in [-0.2, -0.15) is 0 Å². The molecule has 0 bridgehead atoms. The van der Waals surface area contributed by atoms with Crippen LogP contribution in [0.15, 0.2) is 18.2 Å². The van der Waals surface area contributed by atoms with Crippen molar-refractivity contribution < 1.29 is 14.6 Å². The molecule has 1 unspecified atom stereocenters. The number of hydrogen-bond donors (Lipinski definition) is 3. The lowest BCUT2D eigenvalue weighted by Crippen LogP contribution is -2.31. The Hall–Kier alpha value is -1.13. The number of rotatable bonds is 4. The van der Waals surface area contributed by atoms with Gasteiger partial charge in [-0.15, -0.1) is 0 Å². The summed E-state index contributed by atoms with van der Waals surface area (Å²) in [5.74, 6) is -0.562. The summed E-state index contributed by atoms with van der Waals surface area (Å²) in [6.07, 6.45) is -0.0250. The lowest BCUT2D eigenvalue weighted by molar-refractivity contribution is 0.0870. The number of aromatic hydroxyl groups is 1. The summed E-state index contributed by atoms with van der Waals surface area (Å²) in [7, 11) is 0. The molecule has 1 rings (SSSR count). The number of nitrogens with two attached hydrogens (primary N) is 1. The molecular weight excluding hydrogens is 209 g/mol. The minimum Gasteiger partial charge on any atom is -0.508 e. The molecule has 0 saturated carbocycles. The Bertz CT molecular complexity index is 357. The zero-order valence-corrected chi connectivity index (χ0v) is 9.52. The van der Waals surface area contributed by atoms with E-state index >= 15 is 0 Å². The minimum atomic E-state index is -0.794. The molecule has 0 aliphatic rings. The van der Waals surface area contributed by atoms with Crippen LogP contribution in [0.1, 0.15) is 31.9 Å². The summed E-state index contributed by atoms with van der Waals surface area (Å²) in [5, 5.41) is 19.4. The number of aliphatic hydroxyl groups is 1. The van der Waals surface area contributed by atoms with E-state index in [1.807, 2.05) is 13.8 Å². The van der Waals surface area contributed by atoms with Crippen LogP contribution < -0.4 is 5.73 Å². The van der Waals surface area contributed by atoms with E-state index in [4.69, 9.17) is 5.73 Å². The maximum Gasteiger partial charge on any atom is 0.123 e. The molecule has 0 radical (unpaired) electrons. The van der Waals surface area contributed by atoms with Crippen LogP contribution >= 0.6 is 0 Å². The molecule has 16 heavy (non-hydrogen) atoms. The van der Waals surface area contributed by atoms with Gasteiger partial charge in [-0.25, -0.2) is 4.39 Å².